The van der Waals surface area contributed by atoms with Gasteiger partial charge in [0.05, 0.1) is 17.5 Å². The second kappa shape index (κ2) is 5.75. The number of aromatic nitrogens is 2. The van der Waals surface area contributed by atoms with Crippen molar-refractivity contribution >= 4 is 28.2 Å². The first-order valence-electron chi connectivity index (χ1n) is 7.02. The summed E-state index contributed by atoms with van der Waals surface area (Å²) in [5, 5.41) is 6.60. The smallest absolute Gasteiger partial charge is 0.210 e. The highest BCUT2D eigenvalue weighted by atomic mass is 32.2. The SMILES string of the molecule is CC1(C)OC(c2ccc(CS(=O)O)cc2)=C(c2cn[nH]c2)C1=O. The van der Waals surface area contributed by atoms with E-state index in [1.165, 1.54) is 0 Å². The summed E-state index contributed by atoms with van der Waals surface area (Å²) in [5.41, 5.74) is 1.71. The largest absolute Gasteiger partial charge is 0.478 e. The second-order valence-electron chi connectivity index (χ2n) is 5.80. The molecule has 0 aliphatic carbocycles. The van der Waals surface area contributed by atoms with Crippen LogP contribution in [-0.2, 0) is 26.4 Å². The first kappa shape index (κ1) is 15.6. The summed E-state index contributed by atoms with van der Waals surface area (Å²) < 4.78 is 25.7. The molecule has 1 atom stereocenters. The number of carbonyl (C=O) groups is 1. The van der Waals surface area contributed by atoms with Crippen molar-refractivity contribution in [3.8, 4) is 0 Å². The van der Waals surface area contributed by atoms with Gasteiger partial charge in [-0.25, -0.2) is 4.21 Å². The molecule has 0 amide bonds. The number of rotatable bonds is 4. The highest BCUT2D eigenvalue weighted by molar-refractivity contribution is 7.78. The Morgan fingerprint density at radius 3 is 2.52 bits per heavy atom. The molecule has 0 spiro atoms. The molecule has 0 fully saturated rings. The predicted octanol–water partition coefficient (Wildman–Crippen LogP) is 2.38. The van der Waals surface area contributed by atoms with E-state index in [1.54, 1.807) is 50.5 Å². The Morgan fingerprint density at radius 1 is 1.26 bits per heavy atom. The van der Waals surface area contributed by atoms with Crippen LogP contribution in [0, 0.1) is 0 Å². The number of benzene rings is 1. The molecule has 120 valence electrons. The Kier molecular flexibility index (Phi) is 3.91. The number of aromatic amines is 1. The van der Waals surface area contributed by atoms with E-state index in [1.807, 2.05) is 0 Å². The third-order valence-electron chi connectivity index (χ3n) is 3.65. The van der Waals surface area contributed by atoms with Gasteiger partial charge in [-0.3, -0.25) is 9.89 Å². The first-order valence-corrected chi connectivity index (χ1v) is 8.30. The lowest BCUT2D eigenvalue weighted by Crippen LogP contribution is -2.29. The number of hydrogen-bond donors (Lipinski definition) is 2. The molecule has 1 aliphatic rings. The van der Waals surface area contributed by atoms with E-state index >= 15 is 0 Å². The normalized spacial score (nSPS) is 18.1. The van der Waals surface area contributed by atoms with E-state index in [0.717, 1.165) is 11.1 Å². The molecule has 6 nitrogen and oxygen atoms in total. The number of ketones is 1. The molecular formula is C16H16N2O4S. The van der Waals surface area contributed by atoms with Gasteiger partial charge in [0.2, 0.25) is 5.78 Å². The third kappa shape index (κ3) is 2.97. The maximum absolute atomic E-state index is 12.6. The molecule has 0 saturated carbocycles. The molecule has 3 rings (SSSR count). The Bertz CT molecular complexity index is 792. The molecule has 23 heavy (non-hydrogen) atoms. The van der Waals surface area contributed by atoms with Crippen molar-refractivity contribution in [3.63, 3.8) is 0 Å². The monoisotopic (exact) mass is 332 g/mol. The number of carbonyl (C=O) groups excluding carboxylic acids is 1. The average molecular weight is 332 g/mol. The summed E-state index contributed by atoms with van der Waals surface area (Å²) in [6.07, 6.45) is 3.24. The topological polar surface area (TPSA) is 92.3 Å². The van der Waals surface area contributed by atoms with E-state index in [-0.39, 0.29) is 11.5 Å². The Hall–Kier alpha value is -2.25. The zero-order valence-corrected chi connectivity index (χ0v) is 13.5. The highest BCUT2D eigenvalue weighted by Crippen LogP contribution is 2.40. The van der Waals surface area contributed by atoms with Crippen molar-refractivity contribution in [2.75, 3.05) is 0 Å². The molecule has 0 saturated heterocycles. The molecule has 1 aromatic heterocycles. The van der Waals surface area contributed by atoms with Crippen LogP contribution in [0.15, 0.2) is 36.7 Å². The average Bonchev–Trinajstić information content (AvgIpc) is 3.07. The fraction of sp³-hybridized carbons (Fsp3) is 0.250. The molecular weight excluding hydrogens is 316 g/mol. The molecule has 0 radical (unpaired) electrons. The maximum Gasteiger partial charge on any atom is 0.210 e. The van der Waals surface area contributed by atoms with Crippen LogP contribution >= 0.6 is 0 Å². The molecule has 0 bridgehead atoms. The van der Waals surface area contributed by atoms with Crippen molar-refractivity contribution < 1.29 is 18.3 Å². The maximum atomic E-state index is 12.6. The number of hydrogen-bond acceptors (Lipinski definition) is 4. The number of ether oxygens (including phenoxy) is 1. The van der Waals surface area contributed by atoms with Gasteiger partial charge in [0.25, 0.3) is 0 Å². The van der Waals surface area contributed by atoms with Crippen LogP contribution in [0.5, 0.6) is 0 Å². The molecule has 2 aromatic rings. The third-order valence-corrected chi connectivity index (χ3v) is 4.23. The summed E-state index contributed by atoms with van der Waals surface area (Å²) in [7, 11) is 0. The van der Waals surface area contributed by atoms with Gasteiger partial charge >= 0.3 is 0 Å². The van der Waals surface area contributed by atoms with Crippen molar-refractivity contribution in [3.05, 3.63) is 53.3 Å². The van der Waals surface area contributed by atoms with Crippen LogP contribution in [0.4, 0.5) is 0 Å². The summed E-state index contributed by atoms with van der Waals surface area (Å²) in [6.45, 7) is 3.46. The van der Waals surface area contributed by atoms with Crippen LogP contribution in [0.25, 0.3) is 11.3 Å². The van der Waals surface area contributed by atoms with Gasteiger partial charge in [-0.2, -0.15) is 5.10 Å². The van der Waals surface area contributed by atoms with E-state index in [2.05, 4.69) is 10.2 Å². The van der Waals surface area contributed by atoms with Gasteiger partial charge in [-0.1, -0.05) is 24.3 Å². The van der Waals surface area contributed by atoms with Crippen molar-refractivity contribution in [2.24, 2.45) is 0 Å². The van der Waals surface area contributed by atoms with E-state index in [9.17, 15) is 9.00 Å². The lowest BCUT2D eigenvalue weighted by atomic mass is 9.94. The minimum atomic E-state index is -1.88. The van der Waals surface area contributed by atoms with Crippen molar-refractivity contribution in [2.45, 2.75) is 25.2 Å². The van der Waals surface area contributed by atoms with E-state index in [4.69, 9.17) is 9.29 Å². The summed E-state index contributed by atoms with van der Waals surface area (Å²) in [4.78, 5) is 12.6. The molecule has 1 aromatic carbocycles. The van der Waals surface area contributed by atoms with Crippen LogP contribution in [-0.4, -0.2) is 30.3 Å². The minimum absolute atomic E-state index is 0.0686. The van der Waals surface area contributed by atoms with Gasteiger partial charge in [-0.15, -0.1) is 0 Å². The molecule has 7 heteroatoms. The summed E-state index contributed by atoms with van der Waals surface area (Å²) in [6, 6.07) is 7.07. The zero-order chi connectivity index (χ0) is 16.6. The Balaban J connectivity index is 2.04. The van der Waals surface area contributed by atoms with E-state index in [0.29, 0.717) is 16.9 Å². The molecule has 2 heterocycles. The first-order chi connectivity index (χ1) is 10.9. The van der Waals surface area contributed by atoms with Gasteiger partial charge in [0.15, 0.2) is 16.7 Å². The zero-order valence-electron chi connectivity index (χ0n) is 12.7. The van der Waals surface area contributed by atoms with Gasteiger partial charge in [0.1, 0.15) is 5.76 Å². The fourth-order valence-corrected chi connectivity index (χ4v) is 2.98. The number of nitrogens with one attached hydrogen (secondary N) is 1. The fourth-order valence-electron chi connectivity index (χ4n) is 2.50. The van der Waals surface area contributed by atoms with Crippen molar-refractivity contribution in [1.29, 1.82) is 0 Å². The predicted molar refractivity (Wildman–Crippen MR) is 86.5 cm³/mol. The lowest BCUT2D eigenvalue weighted by molar-refractivity contribution is -0.125. The van der Waals surface area contributed by atoms with Gasteiger partial charge in [0, 0.05) is 17.3 Å². The van der Waals surface area contributed by atoms with E-state index < -0.39 is 16.7 Å². The number of H-pyrrole nitrogens is 1. The minimum Gasteiger partial charge on any atom is -0.478 e. The molecule has 2 N–H and O–H groups in total. The molecule has 1 unspecified atom stereocenters. The highest BCUT2D eigenvalue weighted by Gasteiger charge is 2.43. The molecule has 1 aliphatic heterocycles. The van der Waals surface area contributed by atoms with Crippen LogP contribution < -0.4 is 0 Å². The van der Waals surface area contributed by atoms with Crippen LogP contribution in [0.2, 0.25) is 0 Å². The number of nitrogens with zero attached hydrogens (tertiary/aromatic N) is 1. The standard InChI is InChI=1S/C16H16N2O4S/c1-16(2)15(19)13(12-7-17-18-8-12)14(22-16)11-5-3-10(4-6-11)9-23(20)21/h3-8H,9H2,1-2H3,(H,17,18)(H,20,21). The van der Waals surface area contributed by atoms with Crippen molar-refractivity contribution in [1.82, 2.24) is 10.2 Å². The second-order valence-corrected chi connectivity index (χ2v) is 6.73. The Labute approximate surface area is 135 Å². The van der Waals surface area contributed by atoms with Gasteiger partial charge < -0.3 is 9.29 Å². The lowest BCUT2D eigenvalue weighted by Gasteiger charge is -2.17. The Morgan fingerprint density at radius 2 is 1.96 bits per heavy atom. The van der Waals surface area contributed by atoms with Crippen LogP contribution in [0.1, 0.15) is 30.5 Å². The summed E-state index contributed by atoms with van der Waals surface area (Å²) in [5.74, 6) is 0.464. The van der Waals surface area contributed by atoms with Gasteiger partial charge in [-0.05, 0) is 19.4 Å². The quantitative estimate of drug-likeness (QED) is 0.839. The number of Topliss-reactive ketones (excluding diaryl/α,β-unsaturated/α-hetero) is 1. The summed E-state index contributed by atoms with van der Waals surface area (Å²) >= 11 is -1.88. The van der Waals surface area contributed by atoms with Crippen LogP contribution in [0.3, 0.4) is 0 Å².